The van der Waals surface area contributed by atoms with Gasteiger partial charge in [0.05, 0.1) is 5.56 Å². The number of nitrogens with two attached hydrogens (primary N) is 1. The molecule has 4 heteroatoms. The highest BCUT2D eigenvalue weighted by molar-refractivity contribution is 9.11. The Hall–Kier alpha value is -0.370. The lowest BCUT2D eigenvalue weighted by Gasteiger charge is -1.99. The Morgan fingerprint density at radius 3 is 2.36 bits per heavy atom. The van der Waals surface area contributed by atoms with Crippen molar-refractivity contribution in [2.75, 3.05) is 6.54 Å². The molecule has 1 nitrogen and oxygen atoms in total. The SMILES string of the molecule is NCCC#Cc1c(Br)cc(F)cc1Br. The predicted octanol–water partition coefficient (Wildman–Crippen LogP) is 3.05. The fourth-order valence-electron chi connectivity index (χ4n) is 0.885. The summed E-state index contributed by atoms with van der Waals surface area (Å²) in [4.78, 5) is 0. The van der Waals surface area contributed by atoms with E-state index >= 15 is 0 Å². The number of rotatable bonds is 1. The van der Waals surface area contributed by atoms with Gasteiger partial charge in [0.15, 0.2) is 0 Å². The van der Waals surface area contributed by atoms with Gasteiger partial charge in [-0.3, -0.25) is 0 Å². The lowest BCUT2D eigenvalue weighted by atomic mass is 10.2. The van der Waals surface area contributed by atoms with Crippen LogP contribution in [0.2, 0.25) is 0 Å². The van der Waals surface area contributed by atoms with Crippen LogP contribution in [0, 0.1) is 17.7 Å². The van der Waals surface area contributed by atoms with E-state index in [1.54, 1.807) is 0 Å². The van der Waals surface area contributed by atoms with E-state index in [2.05, 4.69) is 43.7 Å². The zero-order valence-electron chi connectivity index (χ0n) is 7.28. The molecule has 2 N–H and O–H groups in total. The lowest BCUT2D eigenvalue weighted by molar-refractivity contribution is 0.626. The molecule has 0 aliphatic heterocycles. The fourth-order valence-corrected chi connectivity index (χ4v) is 2.21. The second kappa shape index (κ2) is 5.50. The van der Waals surface area contributed by atoms with Crippen molar-refractivity contribution < 1.29 is 4.39 Å². The molecule has 0 aliphatic rings. The van der Waals surface area contributed by atoms with E-state index in [9.17, 15) is 4.39 Å². The highest BCUT2D eigenvalue weighted by atomic mass is 79.9. The van der Waals surface area contributed by atoms with Crippen LogP contribution in [0.15, 0.2) is 21.1 Å². The van der Waals surface area contributed by atoms with E-state index in [0.29, 0.717) is 21.9 Å². The summed E-state index contributed by atoms with van der Waals surface area (Å²) < 4.78 is 14.2. The summed E-state index contributed by atoms with van der Waals surface area (Å²) in [6.07, 6.45) is 0.635. The Labute approximate surface area is 99.1 Å². The van der Waals surface area contributed by atoms with Crippen molar-refractivity contribution in [3.05, 3.63) is 32.5 Å². The average Bonchev–Trinajstić information content (AvgIpc) is 2.09. The molecule has 1 rings (SSSR count). The third-order valence-electron chi connectivity index (χ3n) is 1.49. The number of benzene rings is 1. The maximum atomic E-state index is 12.9. The topological polar surface area (TPSA) is 26.0 Å². The van der Waals surface area contributed by atoms with Crippen LogP contribution >= 0.6 is 31.9 Å². The molecule has 0 aromatic heterocycles. The summed E-state index contributed by atoms with van der Waals surface area (Å²) in [6.45, 7) is 0.531. The van der Waals surface area contributed by atoms with Gasteiger partial charge < -0.3 is 5.73 Å². The van der Waals surface area contributed by atoms with E-state index in [0.717, 1.165) is 5.56 Å². The second-order valence-electron chi connectivity index (χ2n) is 2.58. The van der Waals surface area contributed by atoms with Crippen LogP contribution in [-0.2, 0) is 0 Å². The lowest BCUT2D eigenvalue weighted by Crippen LogP contribution is -1.95. The maximum absolute atomic E-state index is 12.9. The van der Waals surface area contributed by atoms with Crippen LogP contribution in [0.4, 0.5) is 4.39 Å². The minimum Gasteiger partial charge on any atom is -0.330 e. The van der Waals surface area contributed by atoms with Gasteiger partial charge in [0.2, 0.25) is 0 Å². The van der Waals surface area contributed by atoms with Crippen molar-refractivity contribution >= 4 is 31.9 Å². The van der Waals surface area contributed by atoms with Crippen LogP contribution in [0.3, 0.4) is 0 Å². The van der Waals surface area contributed by atoms with Gasteiger partial charge >= 0.3 is 0 Å². The molecule has 0 unspecified atom stereocenters. The van der Waals surface area contributed by atoms with E-state index in [-0.39, 0.29) is 5.82 Å². The second-order valence-corrected chi connectivity index (χ2v) is 4.29. The molecule has 0 heterocycles. The predicted molar refractivity (Wildman–Crippen MR) is 62.3 cm³/mol. The Kier molecular flexibility index (Phi) is 4.59. The standard InChI is InChI=1S/C10H8Br2FN/c11-9-5-7(13)6-10(12)8(9)3-1-2-4-14/h5-6H,2,4,14H2. The number of hydrogen-bond acceptors (Lipinski definition) is 1. The summed E-state index contributed by atoms with van der Waals surface area (Å²) in [6, 6.07) is 2.77. The van der Waals surface area contributed by atoms with Crippen molar-refractivity contribution in [3.63, 3.8) is 0 Å². The van der Waals surface area contributed by atoms with E-state index in [4.69, 9.17) is 5.73 Å². The molecule has 0 fully saturated rings. The average molecular weight is 321 g/mol. The van der Waals surface area contributed by atoms with Gasteiger partial charge in [0, 0.05) is 21.9 Å². The van der Waals surface area contributed by atoms with Crippen molar-refractivity contribution in [3.8, 4) is 11.8 Å². The molecule has 0 spiro atoms. The van der Waals surface area contributed by atoms with Gasteiger partial charge in [0.25, 0.3) is 0 Å². The molecule has 14 heavy (non-hydrogen) atoms. The molecule has 0 saturated carbocycles. The Morgan fingerprint density at radius 2 is 1.86 bits per heavy atom. The molecular weight excluding hydrogens is 313 g/mol. The van der Waals surface area contributed by atoms with E-state index < -0.39 is 0 Å². The summed E-state index contributed by atoms with van der Waals surface area (Å²) in [5.41, 5.74) is 6.06. The quantitative estimate of drug-likeness (QED) is 0.791. The molecule has 0 amide bonds. The van der Waals surface area contributed by atoms with Crippen LogP contribution in [0.1, 0.15) is 12.0 Å². The summed E-state index contributed by atoms with van der Waals surface area (Å²) in [7, 11) is 0. The first-order chi connectivity index (χ1) is 6.65. The van der Waals surface area contributed by atoms with Gasteiger partial charge in [-0.25, -0.2) is 4.39 Å². The third-order valence-corrected chi connectivity index (χ3v) is 2.74. The molecule has 0 aliphatic carbocycles. The Bertz CT molecular complexity index is 370. The van der Waals surface area contributed by atoms with Gasteiger partial charge in [0.1, 0.15) is 5.82 Å². The summed E-state index contributed by atoms with van der Waals surface area (Å²) >= 11 is 6.49. The van der Waals surface area contributed by atoms with Gasteiger partial charge in [-0.1, -0.05) is 11.8 Å². The van der Waals surface area contributed by atoms with Crippen LogP contribution in [0.5, 0.6) is 0 Å². The molecule has 1 aromatic rings. The van der Waals surface area contributed by atoms with Gasteiger partial charge in [-0.15, -0.1) is 0 Å². The first-order valence-electron chi connectivity index (χ1n) is 3.98. The minimum atomic E-state index is -0.298. The third kappa shape index (κ3) is 3.09. The number of halogens is 3. The largest absolute Gasteiger partial charge is 0.330 e. The molecule has 74 valence electrons. The Balaban J connectivity index is 3.04. The first kappa shape index (κ1) is 11.7. The van der Waals surface area contributed by atoms with Crippen LogP contribution in [-0.4, -0.2) is 6.54 Å². The first-order valence-corrected chi connectivity index (χ1v) is 5.57. The van der Waals surface area contributed by atoms with E-state index in [1.807, 2.05) is 0 Å². The summed E-state index contributed by atoms with van der Waals surface area (Å²) in [5, 5.41) is 0. The smallest absolute Gasteiger partial charge is 0.125 e. The van der Waals surface area contributed by atoms with Crippen molar-refractivity contribution in [1.29, 1.82) is 0 Å². The van der Waals surface area contributed by atoms with Crippen molar-refractivity contribution in [1.82, 2.24) is 0 Å². The molecule has 0 saturated heterocycles. The molecule has 0 atom stereocenters. The van der Waals surface area contributed by atoms with E-state index in [1.165, 1.54) is 12.1 Å². The van der Waals surface area contributed by atoms with Crippen molar-refractivity contribution in [2.45, 2.75) is 6.42 Å². The highest BCUT2D eigenvalue weighted by Gasteiger charge is 2.04. The maximum Gasteiger partial charge on any atom is 0.125 e. The molecule has 0 bridgehead atoms. The molecule has 1 aromatic carbocycles. The normalized spacial score (nSPS) is 9.43. The van der Waals surface area contributed by atoms with Gasteiger partial charge in [-0.2, -0.15) is 0 Å². The van der Waals surface area contributed by atoms with Crippen molar-refractivity contribution in [2.24, 2.45) is 5.73 Å². The zero-order valence-corrected chi connectivity index (χ0v) is 10.5. The Morgan fingerprint density at radius 1 is 1.29 bits per heavy atom. The minimum absolute atomic E-state index is 0.298. The van der Waals surface area contributed by atoms with Crippen LogP contribution in [0.25, 0.3) is 0 Å². The zero-order chi connectivity index (χ0) is 10.6. The van der Waals surface area contributed by atoms with Crippen LogP contribution < -0.4 is 5.73 Å². The fraction of sp³-hybridized carbons (Fsp3) is 0.200. The summed E-state index contributed by atoms with van der Waals surface area (Å²) in [5.74, 6) is 5.52. The molecule has 0 radical (unpaired) electrons. The highest BCUT2D eigenvalue weighted by Crippen LogP contribution is 2.25. The van der Waals surface area contributed by atoms with Gasteiger partial charge in [-0.05, 0) is 44.0 Å². The monoisotopic (exact) mass is 319 g/mol. The molecular formula is C10H8Br2FN. The number of hydrogen-bond donors (Lipinski definition) is 1.